The number of rotatable bonds is 2. The SMILES string of the molecule is Fc1ccc([N]c2ccc(F)c(F)c2F)c(F)c1F. The van der Waals surface area contributed by atoms with E-state index in [1.807, 2.05) is 0 Å². The molecule has 0 unspecified atom stereocenters. The molecule has 1 nitrogen and oxygen atoms in total. The molecular formula is C12H4F6N. The van der Waals surface area contributed by atoms with Gasteiger partial charge in [0.05, 0.1) is 0 Å². The summed E-state index contributed by atoms with van der Waals surface area (Å²) in [6, 6.07) is 2.65. The standard InChI is InChI=1S/C12H4F6N/c13-5-1-3-7(11(17)9(5)15)19-8-4-2-6(14)10(16)12(8)18/h1-4H. The van der Waals surface area contributed by atoms with E-state index < -0.39 is 46.3 Å². The van der Waals surface area contributed by atoms with Crippen molar-refractivity contribution in [2.45, 2.75) is 0 Å². The lowest BCUT2D eigenvalue weighted by atomic mass is 10.2. The summed E-state index contributed by atoms with van der Waals surface area (Å²) < 4.78 is 77.6. The van der Waals surface area contributed by atoms with Gasteiger partial charge >= 0.3 is 0 Å². The third-order valence-electron chi connectivity index (χ3n) is 2.27. The van der Waals surface area contributed by atoms with Crippen LogP contribution in [0.5, 0.6) is 0 Å². The average molecular weight is 276 g/mol. The van der Waals surface area contributed by atoms with E-state index in [9.17, 15) is 26.3 Å². The van der Waals surface area contributed by atoms with Gasteiger partial charge in [0.15, 0.2) is 34.9 Å². The molecule has 0 aromatic heterocycles. The van der Waals surface area contributed by atoms with Crippen molar-refractivity contribution < 1.29 is 26.3 Å². The van der Waals surface area contributed by atoms with E-state index in [4.69, 9.17) is 0 Å². The Labute approximate surface area is 103 Å². The predicted molar refractivity (Wildman–Crippen MR) is 54.1 cm³/mol. The summed E-state index contributed by atoms with van der Waals surface area (Å²) in [6.45, 7) is 0. The molecule has 0 aliphatic carbocycles. The molecule has 0 atom stereocenters. The van der Waals surface area contributed by atoms with Crippen molar-refractivity contribution in [2.75, 3.05) is 0 Å². The number of benzene rings is 2. The highest BCUT2D eigenvalue weighted by Crippen LogP contribution is 2.27. The molecule has 0 saturated heterocycles. The highest BCUT2D eigenvalue weighted by molar-refractivity contribution is 5.50. The van der Waals surface area contributed by atoms with Crippen molar-refractivity contribution in [3.05, 3.63) is 59.2 Å². The number of hydrogen-bond acceptors (Lipinski definition) is 0. The molecule has 0 heterocycles. The summed E-state index contributed by atoms with van der Waals surface area (Å²) >= 11 is 0. The molecule has 0 aliphatic rings. The quantitative estimate of drug-likeness (QED) is 0.579. The van der Waals surface area contributed by atoms with Gasteiger partial charge in [-0.25, -0.2) is 31.7 Å². The number of halogens is 6. The highest BCUT2D eigenvalue weighted by Gasteiger charge is 2.18. The van der Waals surface area contributed by atoms with Crippen molar-refractivity contribution in [1.29, 1.82) is 0 Å². The Morgan fingerprint density at radius 1 is 0.526 bits per heavy atom. The minimum Gasteiger partial charge on any atom is -0.243 e. The lowest BCUT2D eigenvalue weighted by Crippen LogP contribution is -2.01. The second-order valence-electron chi connectivity index (χ2n) is 3.50. The first-order valence-electron chi connectivity index (χ1n) is 4.90. The minimum absolute atomic E-state index is 0.578. The van der Waals surface area contributed by atoms with Gasteiger partial charge in [0, 0.05) is 0 Å². The van der Waals surface area contributed by atoms with Crippen molar-refractivity contribution >= 4 is 11.4 Å². The van der Waals surface area contributed by atoms with E-state index in [1.165, 1.54) is 0 Å². The van der Waals surface area contributed by atoms with Crippen LogP contribution in [0.2, 0.25) is 0 Å². The Hall–Kier alpha value is -2.18. The second-order valence-corrected chi connectivity index (χ2v) is 3.50. The van der Waals surface area contributed by atoms with Gasteiger partial charge in [0.25, 0.3) is 0 Å². The lowest BCUT2D eigenvalue weighted by molar-refractivity contribution is 0.442. The molecule has 19 heavy (non-hydrogen) atoms. The van der Waals surface area contributed by atoms with Gasteiger partial charge in [-0.2, -0.15) is 0 Å². The van der Waals surface area contributed by atoms with Crippen LogP contribution in [0.15, 0.2) is 24.3 Å². The van der Waals surface area contributed by atoms with E-state index >= 15 is 0 Å². The molecule has 0 amide bonds. The van der Waals surface area contributed by atoms with Crippen molar-refractivity contribution in [3.63, 3.8) is 0 Å². The molecule has 0 fully saturated rings. The van der Waals surface area contributed by atoms with Crippen LogP contribution in [0, 0.1) is 34.9 Å². The molecular weight excluding hydrogens is 272 g/mol. The zero-order valence-electron chi connectivity index (χ0n) is 9.02. The molecule has 0 saturated carbocycles. The van der Waals surface area contributed by atoms with Crippen LogP contribution in [0.1, 0.15) is 0 Å². The van der Waals surface area contributed by atoms with Crippen LogP contribution < -0.4 is 5.32 Å². The topological polar surface area (TPSA) is 14.1 Å². The van der Waals surface area contributed by atoms with Crippen molar-refractivity contribution in [2.24, 2.45) is 0 Å². The summed E-state index contributed by atoms with van der Waals surface area (Å²) in [6.07, 6.45) is 0. The van der Waals surface area contributed by atoms with Gasteiger partial charge in [-0.15, -0.1) is 0 Å². The van der Waals surface area contributed by atoms with Crippen molar-refractivity contribution in [3.8, 4) is 0 Å². The summed E-state index contributed by atoms with van der Waals surface area (Å²) in [4.78, 5) is 0. The first-order chi connectivity index (χ1) is 8.91. The highest BCUT2D eigenvalue weighted by atomic mass is 19.2. The Morgan fingerprint density at radius 2 is 0.895 bits per heavy atom. The Bertz CT molecular complexity index is 585. The minimum atomic E-state index is -1.79. The zero-order chi connectivity index (χ0) is 14.2. The molecule has 1 radical (unpaired) electrons. The molecule has 2 aromatic rings. The van der Waals surface area contributed by atoms with Crippen LogP contribution in [0.3, 0.4) is 0 Å². The smallest absolute Gasteiger partial charge is 0.196 e. The predicted octanol–water partition coefficient (Wildman–Crippen LogP) is 4.09. The van der Waals surface area contributed by atoms with Gasteiger partial charge in [-0.3, -0.25) is 0 Å². The summed E-state index contributed by atoms with van der Waals surface area (Å²) in [5.74, 6) is -9.76. The zero-order valence-corrected chi connectivity index (χ0v) is 9.02. The summed E-state index contributed by atoms with van der Waals surface area (Å²) in [7, 11) is 0. The first kappa shape index (κ1) is 13.3. The molecule has 7 heteroatoms. The molecule has 99 valence electrons. The Morgan fingerprint density at radius 3 is 1.26 bits per heavy atom. The number of nitrogens with zero attached hydrogens (tertiary/aromatic N) is 1. The molecule has 0 N–H and O–H groups in total. The van der Waals surface area contributed by atoms with Gasteiger partial charge < -0.3 is 0 Å². The van der Waals surface area contributed by atoms with Gasteiger partial charge in [0.2, 0.25) is 0 Å². The van der Waals surface area contributed by atoms with Gasteiger partial charge in [-0.1, -0.05) is 0 Å². The fourth-order valence-corrected chi connectivity index (χ4v) is 1.33. The van der Waals surface area contributed by atoms with Crippen LogP contribution in [0.25, 0.3) is 0 Å². The molecule has 0 aliphatic heterocycles. The third-order valence-corrected chi connectivity index (χ3v) is 2.27. The van der Waals surface area contributed by atoms with E-state index in [2.05, 4.69) is 5.32 Å². The number of hydrogen-bond donors (Lipinski definition) is 0. The van der Waals surface area contributed by atoms with Gasteiger partial charge in [0.1, 0.15) is 11.4 Å². The normalized spacial score (nSPS) is 10.6. The second kappa shape index (κ2) is 4.83. The Balaban J connectivity index is 2.43. The average Bonchev–Trinajstić information content (AvgIpc) is 2.39. The molecule has 0 bridgehead atoms. The largest absolute Gasteiger partial charge is 0.243 e. The van der Waals surface area contributed by atoms with E-state index in [0.717, 1.165) is 12.1 Å². The molecule has 2 rings (SSSR count). The van der Waals surface area contributed by atoms with Crippen molar-refractivity contribution in [1.82, 2.24) is 5.32 Å². The van der Waals surface area contributed by atoms with E-state index in [-0.39, 0.29) is 0 Å². The fraction of sp³-hybridized carbons (Fsp3) is 0. The maximum Gasteiger partial charge on any atom is 0.196 e. The third kappa shape index (κ3) is 2.35. The first-order valence-corrected chi connectivity index (χ1v) is 4.90. The monoisotopic (exact) mass is 276 g/mol. The van der Waals surface area contributed by atoms with Crippen LogP contribution in [-0.2, 0) is 0 Å². The summed E-state index contributed by atoms with van der Waals surface area (Å²) in [5, 5.41) is 3.28. The lowest BCUT2D eigenvalue weighted by Gasteiger charge is -2.07. The van der Waals surface area contributed by atoms with Gasteiger partial charge in [-0.05, 0) is 24.3 Å². The Kier molecular flexibility index (Phi) is 3.37. The van der Waals surface area contributed by atoms with Crippen LogP contribution in [0.4, 0.5) is 37.7 Å². The molecule has 0 spiro atoms. The van der Waals surface area contributed by atoms with E-state index in [1.54, 1.807) is 0 Å². The van der Waals surface area contributed by atoms with E-state index in [0.29, 0.717) is 12.1 Å². The fourth-order valence-electron chi connectivity index (χ4n) is 1.33. The van der Waals surface area contributed by atoms with Crippen LogP contribution >= 0.6 is 0 Å². The maximum absolute atomic E-state index is 13.3. The van der Waals surface area contributed by atoms with Crippen LogP contribution in [-0.4, -0.2) is 0 Å². The molecule has 2 aromatic carbocycles. The maximum atomic E-state index is 13.3. The summed E-state index contributed by atoms with van der Waals surface area (Å²) in [5.41, 5.74) is -1.47.